The van der Waals surface area contributed by atoms with Crippen molar-refractivity contribution >= 4 is 35.0 Å². The summed E-state index contributed by atoms with van der Waals surface area (Å²) < 4.78 is 2.29. The molecule has 2 aliphatic heterocycles. The highest BCUT2D eigenvalue weighted by molar-refractivity contribution is 5.99. The molecule has 0 amide bonds. The molecule has 2 aromatic heterocycles. The molecule has 38 heavy (non-hydrogen) atoms. The average Bonchev–Trinajstić information content (AvgIpc) is 3.31. The molecule has 6 rings (SSSR count). The average molecular weight is 509 g/mol. The summed E-state index contributed by atoms with van der Waals surface area (Å²) in [5, 5.41) is 5.76. The van der Waals surface area contributed by atoms with Gasteiger partial charge in [-0.3, -0.25) is 0 Å². The fourth-order valence-corrected chi connectivity index (χ4v) is 5.55. The van der Waals surface area contributed by atoms with Crippen molar-refractivity contribution in [1.82, 2.24) is 19.5 Å². The molecule has 2 aliphatic rings. The van der Waals surface area contributed by atoms with E-state index >= 15 is 0 Å². The number of hydrogen-bond acceptors (Lipinski definition) is 7. The Morgan fingerprint density at radius 3 is 2.18 bits per heavy atom. The lowest BCUT2D eigenvalue weighted by Crippen LogP contribution is -2.34. The van der Waals surface area contributed by atoms with Crippen molar-refractivity contribution in [2.75, 3.05) is 41.4 Å². The van der Waals surface area contributed by atoms with Gasteiger partial charge in [0.25, 0.3) is 0 Å². The zero-order chi connectivity index (χ0) is 25.7. The normalized spacial score (nSPS) is 16.4. The lowest BCUT2D eigenvalue weighted by atomic mass is 10.1. The maximum Gasteiger partial charge on any atom is 0.250 e. The third-order valence-electron chi connectivity index (χ3n) is 7.51. The molecule has 0 aliphatic carbocycles. The van der Waals surface area contributed by atoms with Gasteiger partial charge < -0.3 is 14.4 Å². The highest BCUT2D eigenvalue weighted by Gasteiger charge is 2.20. The van der Waals surface area contributed by atoms with Crippen LogP contribution < -0.4 is 15.2 Å². The largest absolute Gasteiger partial charge is 0.342 e. The molecule has 0 radical (unpaired) electrons. The van der Waals surface area contributed by atoms with Crippen LogP contribution in [0, 0.1) is 6.92 Å². The SMILES string of the molecule is Cc1cccc(Cn2cc(C=NNc3nc(N4CCCCC4)nc(N4CCCCC4)n3)c3ccccc32)c1. The summed E-state index contributed by atoms with van der Waals surface area (Å²) in [5.74, 6) is 2.02. The van der Waals surface area contributed by atoms with Crippen molar-refractivity contribution in [3.05, 3.63) is 71.4 Å². The smallest absolute Gasteiger partial charge is 0.250 e. The van der Waals surface area contributed by atoms with E-state index in [0.29, 0.717) is 5.95 Å². The number of nitrogens with zero attached hydrogens (tertiary/aromatic N) is 7. The fourth-order valence-electron chi connectivity index (χ4n) is 5.55. The van der Waals surface area contributed by atoms with Gasteiger partial charge in [0.2, 0.25) is 17.8 Å². The Balaban J connectivity index is 1.26. The molecule has 4 aromatic rings. The molecule has 2 saturated heterocycles. The summed E-state index contributed by atoms with van der Waals surface area (Å²) >= 11 is 0. The Kier molecular flexibility index (Phi) is 7.20. The molecule has 0 atom stereocenters. The van der Waals surface area contributed by atoms with Crippen molar-refractivity contribution in [2.45, 2.75) is 52.0 Å². The van der Waals surface area contributed by atoms with Crippen LogP contribution in [0.5, 0.6) is 0 Å². The topological polar surface area (TPSA) is 74.5 Å². The predicted octanol–water partition coefficient (Wildman–Crippen LogP) is 5.61. The summed E-state index contributed by atoms with van der Waals surface area (Å²) in [7, 11) is 0. The van der Waals surface area contributed by atoms with Gasteiger partial charge >= 0.3 is 0 Å². The number of hydrogen-bond donors (Lipinski definition) is 1. The monoisotopic (exact) mass is 508 g/mol. The number of fused-ring (bicyclic) bond motifs is 1. The van der Waals surface area contributed by atoms with Crippen molar-refractivity contribution in [3.8, 4) is 0 Å². The standard InChI is InChI=1S/C30H36N8/c1-23-11-10-12-24(19-23)21-38-22-25(26-13-4-5-14-27(26)38)20-31-35-28-32-29(36-15-6-2-7-16-36)34-30(33-28)37-17-8-3-9-18-37/h4-5,10-14,19-20,22H,2-3,6-9,15-18,21H2,1H3,(H,32,33,34,35). The molecule has 1 N–H and O–H groups in total. The first-order valence-electron chi connectivity index (χ1n) is 13.9. The van der Waals surface area contributed by atoms with E-state index in [1.807, 2.05) is 6.21 Å². The van der Waals surface area contributed by atoms with Gasteiger partial charge in [0, 0.05) is 55.4 Å². The molecule has 8 heteroatoms. The van der Waals surface area contributed by atoms with Gasteiger partial charge in [0.1, 0.15) is 0 Å². The minimum absolute atomic E-state index is 0.501. The second-order valence-electron chi connectivity index (χ2n) is 10.4. The van der Waals surface area contributed by atoms with Crippen LogP contribution in [-0.2, 0) is 6.54 Å². The molecule has 8 nitrogen and oxygen atoms in total. The van der Waals surface area contributed by atoms with Gasteiger partial charge in [0.15, 0.2) is 0 Å². The number of nitrogens with one attached hydrogen (secondary N) is 1. The number of hydrazone groups is 1. The Labute approximate surface area is 224 Å². The van der Waals surface area contributed by atoms with Crippen LogP contribution in [0.1, 0.15) is 55.2 Å². The second-order valence-corrected chi connectivity index (χ2v) is 10.4. The highest BCUT2D eigenvalue weighted by atomic mass is 15.4. The number of aromatic nitrogens is 4. The Morgan fingerprint density at radius 1 is 0.816 bits per heavy atom. The van der Waals surface area contributed by atoms with Crippen molar-refractivity contribution in [1.29, 1.82) is 0 Å². The molecule has 2 aromatic carbocycles. The van der Waals surface area contributed by atoms with Crippen LogP contribution in [0.15, 0.2) is 59.8 Å². The van der Waals surface area contributed by atoms with E-state index < -0.39 is 0 Å². The van der Waals surface area contributed by atoms with Crippen LogP contribution in [-0.4, -0.2) is 51.9 Å². The molecular weight excluding hydrogens is 472 g/mol. The van der Waals surface area contributed by atoms with E-state index in [0.717, 1.165) is 50.2 Å². The zero-order valence-electron chi connectivity index (χ0n) is 22.2. The summed E-state index contributed by atoms with van der Waals surface area (Å²) in [4.78, 5) is 19.0. The van der Waals surface area contributed by atoms with Crippen molar-refractivity contribution in [2.24, 2.45) is 5.10 Å². The predicted molar refractivity (Wildman–Crippen MR) is 155 cm³/mol. The van der Waals surface area contributed by atoms with Crippen molar-refractivity contribution < 1.29 is 0 Å². The number of piperidine rings is 2. The maximum absolute atomic E-state index is 4.87. The first-order chi connectivity index (χ1) is 18.7. The second kappa shape index (κ2) is 11.2. The van der Waals surface area contributed by atoms with Gasteiger partial charge in [-0.25, -0.2) is 5.43 Å². The maximum atomic E-state index is 4.87. The molecule has 0 saturated carbocycles. The van der Waals surface area contributed by atoms with E-state index in [1.165, 1.54) is 60.6 Å². The first kappa shape index (κ1) is 24.4. The minimum atomic E-state index is 0.501. The minimum Gasteiger partial charge on any atom is -0.342 e. The number of benzene rings is 2. The Morgan fingerprint density at radius 2 is 1.50 bits per heavy atom. The first-order valence-corrected chi connectivity index (χ1v) is 13.9. The lowest BCUT2D eigenvalue weighted by Gasteiger charge is -2.30. The molecule has 0 spiro atoms. The van der Waals surface area contributed by atoms with E-state index in [9.17, 15) is 0 Å². The van der Waals surface area contributed by atoms with Crippen molar-refractivity contribution in [3.63, 3.8) is 0 Å². The highest BCUT2D eigenvalue weighted by Crippen LogP contribution is 2.24. The van der Waals surface area contributed by atoms with Gasteiger partial charge in [0.05, 0.1) is 6.21 Å². The third kappa shape index (κ3) is 5.49. The number of aryl methyl sites for hydroxylation is 1. The molecule has 0 unspecified atom stereocenters. The van der Waals surface area contributed by atoms with Gasteiger partial charge in [-0.1, -0.05) is 48.0 Å². The molecule has 196 valence electrons. The summed E-state index contributed by atoms with van der Waals surface area (Å²) in [5.41, 5.74) is 7.93. The summed E-state index contributed by atoms with van der Waals surface area (Å²) in [6, 6.07) is 17.1. The lowest BCUT2D eigenvalue weighted by molar-refractivity contribution is 0.556. The number of para-hydroxylation sites is 1. The van der Waals surface area contributed by atoms with E-state index in [-0.39, 0.29) is 0 Å². The quantitative estimate of drug-likeness (QED) is 0.258. The fraction of sp³-hybridized carbons (Fsp3) is 0.400. The van der Waals surface area contributed by atoms with Crippen LogP contribution >= 0.6 is 0 Å². The molecule has 2 fully saturated rings. The van der Waals surface area contributed by atoms with E-state index in [1.54, 1.807) is 0 Å². The Bertz CT molecular complexity index is 1380. The summed E-state index contributed by atoms with van der Waals surface area (Å²) in [6.45, 7) is 6.92. The van der Waals surface area contributed by atoms with Crippen LogP contribution in [0.25, 0.3) is 10.9 Å². The van der Waals surface area contributed by atoms with Crippen LogP contribution in [0.4, 0.5) is 17.8 Å². The van der Waals surface area contributed by atoms with Gasteiger partial charge in [-0.15, -0.1) is 0 Å². The van der Waals surface area contributed by atoms with E-state index in [2.05, 4.69) is 86.5 Å². The molecule has 4 heterocycles. The van der Waals surface area contributed by atoms with Gasteiger partial charge in [-0.05, 0) is 57.1 Å². The van der Waals surface area contributed by atoms with E-state index in [4.69, 9.17) is 15.0 Å². The Hall–Kier alpha value is -3.94. The third-order valence-corrected chi connectivity index (χ3v) is 7.51. The molecule has 0 bridgehead atoms. The number of anilines is 3. The summed E-state index contributed by atoms with van der Waals surface area (Å²) in [6.07, 6.45) is 11.3. The molecular formula is C30H36N8. The number of rotatable bonds is 7. The van der Waals surface area contributed by atoms with Crippen LogP contribution in [0.2, 0.25) is 0 Å². The zero-order valence-corrected chi connectivity index (χ0v) is 22.2. The van der Waals surface area contributed by atoms with Crippen LogP contribution in [0.3, 0.4) is 0 Å². The van der Waals surface area contributed by atoms with Gasteiger partial charge in [-0.2, -0.15) is 20.1 Å².